The summed E-state index contributed by atoms with van der Waals surface area (Å²) in [5, 5.41) is 3.33. The molecule has 0 bridgehead atoms. The number of nitrogens with one attached hydrogen (secondary N) is 1. The Bertz CT molecular complexity index is 431. The minimum atomic E-state index is -0.1000. The van der Waals surface area contributed by atoms with Crippen LogP contribution in [0, 0.1) is 5.92 Å². The summed E-state index contributed by atoms with van der Waals surface area (Å²) >= 11 is 0. The molecule has 2 unspecified atom stereocenters. The number of carbonyl (C=O) groups is 1. The molecule has 0 fully saturated rings. The number of rotatable bonds is 4. The van der Waals surface area contributed by atoms with E-state index in [4.69, 9.17) is 0 Å². The number of hydrogen-bond acceptors (Lipinski definition) is 2. The highest BCUT2D eigenvalue weighted by Crippen LogP contribution is 2.26. The van der Waals surface area contributed by atoms with Crippen molar-refractivity contribution < 1.29 is 4.79 Å². The van der Waals surface area contributed by atoms with Gasteiger partial charge >= 0.3 is 0 Å². The standard InChI is InChI=1S/C16H24N2O/c1-11(2)9-12(3)18(4)16(19)15-10-13-7-5-6-8-14(13)17-15/h5-8,11-12,15,17H,9-10H2,1-4H3. The number of likely N-dealkylation sites (N-methyl/N-ethyl adjacent to an activating group) is 1. The van der Waals surface area contributed by atoms with E-state index in [2.05, 4.69) is 32.2 Å². The van der Waals surface area contributed by atoms with E-state index < -0.39 is 0 Å². The smallest absolute Gasteiger partial charge is 0.245 e. The number of anilines is 1. The molecule has 2 atom stereocenters. The number of para-hydroxylation sites is 1. The summed E-state index contributed by atoms with van der Waals surface area (Å²) in [7, 11) is 1.92. The first-order valence-corrected chi connectivity index (χ1v) is 7.10. The molecule has 19 heavy (non-hydrogen) atoms. The second kappa shape index (κ2) is 5.64. The predicted molar refractivity (Wildman–Crippen MR) is 79.2 cm³/mol. The molecule has 1 aromatic rings. The average Bonchev–Trinajstić information content (AvgIpc) is 2.79. The normalized spacial score (nSPS) is 18.9. The molecule has 0 saturated carbocycles. The molecule has 1 aromatic carbocycles. The lowest BCUT2D eigenvalue weighted by Gasteiger charge is -2.28. The molecule has 0 spiro atoms. The second-order valence-electron chi connectivity index (χ2n) is 5.99. The van der Waals surface area contributed by atoms with Crippen LogP contribution in [0.5, 0.6) is 0 Å². The van der Waals surface area contributed by atoms with Gasteiger partial charge in [0.2, 0.25) is 5.91 Å². The largest absolute Gasteiger partial charge is 0.373 e. The third-order valence-corrected chi connectivity index (χ3v) is 3.89. The van der Waals surface area contributed by atoms with Gasteiger partial charge in [-0.05, 0) is 30.9 Å². The van der Waals surface area contributed by atoms with Crippen molar-refractivity contribution in [2.24, 2.45) is 5.92 Å². The summed E-state index contributed by atoms with van der Waals surface area (Å²) in [6, 6.07) is 8.35. The maximum atomic E-state index is 12.5. The highest BCUT2D eigenvalue weighted by atomic mass is 16.2. The van der Waals surface area contributed by atoms with Crippen molar-refractivity contribution in [3.05, 3.63) is 29.8 Å². The SMILES string of the molecule is CC(C)CC(C)N(C)C(=O)C1Cc2ccccc2N1. The molecule has 2 rings (SSSR count). The van der Waals surface area contributed by atoms with Gasteiger partial charge in [0.05, 0.1) is 0 Å². The molecule has 1 N–H and O–H groups in total. The fourth-order valence-corrected chi connectivity index (χ4v) is 2.75. The van der Waals surface area contributed by atoms with Gasteiger partial charge in [-0.3, -0.25) is 4.79 Å². The zero-order valence-corrected chi connectivity index (χ0v) is 12.3. The Kier molecular flexibility index (Phi) is 4.13. The van der Waals surface area contributed by atoms with Crippen LogP contribution in [0.1, 0.15) is 32.8 Å². The number of hydrogen-bond donors (Lipinski definition) is 1. The van der Waals surface area contributed by atoms with Crippen molar-refractivity contribution >= 4 is 11.6 Å². The van der Waals surface area contributed by atoms with Gasteiger partial charge in [-0.15, -0.1) is 0 Å². The Balaban J connectivity index is 1.99. The summed E-state index contributed by atoms with van der Waals surface area (Å²) < 4.78 is 0. The van der Waals surface area contributed by atoms with Crippen molar-refractivity contribution in [1.82, 2.24) is 4.90 Å². The fraction of sp³-hybridized carbons (Fsp3) is 0.562. The van der Waals surface area contributed by atoms with Crippen LogP contribution in [0.3, 0.4) is 0 Å². The molecular formula is C16H24N2O. The van der Waals surface area contributed by atoms with E-state index in [0.29, 0.717) is 5.92 Å². The molecule has 0 aliphatic carbocycles. The number of carbonyl (C=O) groups excluding carboxylic acids is 1. The lowest BCUT2D eigenvalue weighted by molar-refractivity contribution is -0.132. The van der Waals surface area contributed by atoms with E-state index in [0.717, 1.165) is 18.5 Å². The minimum absolute atomic E-state index is 0.1000. The second-order valence-corrected chi connectivity index (χ2v) is 5.99. The number of benzene rings is 1. The molecular weight excluding hydrogens is 236 g/mol. The van der Waals surface area contributed by atoms with Crippen LogP contribution in [0.25, 0.3) is 0 Å². The van der Waals surface area contributed by atoms with Crippen LogP contribution in [0.4, 0.5) is 5.69 Å². The van der Waals surface area contributed by atoms with Crippen LogP contribution in [-0.2, 0) is 11.2 Å². The summed E-state index contributed by atoms with van der Waals surface area (Å²) in [5.41, 5.74) is 2.34. The first-order valence-electron chi connectivity index (χ1n) is 7.10. The maximum Gasteiger partial charge on any atom is 0.245 e. The first-order chi connectivity index (χ1) is 8.99. The first kappa shape index (κ1) is 13.9. The molecule has 0 aromatic heterocycles. The Morgan fingerprint density at radius 1 is 1.37 bits per heavy atom. The zero-order valence-electron chi connectivity index (χ0n) is 12.3. The molecule has 1 amide bonds. The fourth-order valence-electron chi connectivity index (χ4n) is 2.75. The van der Waals surface area contributed by atoms with Crippen LogP contribution < -0.4 is 5.32 Å². The van der Waals surface area contributed by atoms with E-state index in [1.807, 2.05) is 30.1 Å². The van der Waals surface area contributed by atoms with Crippen molar-refractivity contribution in [3.63, 3.8) is 0 Å². The van der Waals surface area contributed by atoms with Crippen LogP contribution >= 0.6 is 0 Å². The van der Waals surface area contributed by atoms with Gasteiger partial charge in [-0.2, -0.15) is 0 Å². The van der Waals surface area contributed by atoms with Crippen molar-refractivity contribution in [2.75, 3.05) is 12.4 Å². The van der Waals surface area contributed by atoms with E-state index in [9.17, 15) is 4.79 Å². The van der Waals surface area contributed by atoms with Crippen LogP contribution in [-0.4, -0.2) is 29.9 Å². The van der Waals surface area contributed by atoms with Crippen LogP contribution in [0.2, 0.25) is 0 Å². The number of fused-ring (bicyclic) bond motifs is 1. The van der Waals surface area contributed by atoms with Gasteiger partial charge in [-0.25, -0.2) is 0 Å². The predicted octanol–water partition coefficient (Wildman–Crippen LogP) is 2.92. The topological polar surface area (TPSA) is 32.3 Å². The number of amides is 1. The van der Waals surface area contributed by atoms with Gasteiger partial charge in [0.25, 0.3) is 0 Å². The van der Waals surface area contributed by atoms with Crippen molar-refractivity contribution in [3.8, 4) is 0 Å². The molecule has 3 heteroatoms. The lowest BCUT2D eigenvalue weighted by Crippen LogP contribution is -2.44. The van der Waals surface area contributed by atoms with E-state index >= 15 is 0 Å². The van der Waals surface area contributed by atoms with Gasteiger partial charge in [0, 0.05) is 25.2 Å². The number of nitrogens with zero attached hydrogens (tertiary/aromatic N) is 1. The quantitative estimate of drug-likeness (QED) is 0.902. The van der Waals surface area contributed by atoms with Gasteiger partial charge in [0.15, 0.2) is 0 Å². The molecule has 0 saturated heterocycles. The molecule has 0 radical (unpaired) electrons. The summed E-state index contributed by atoms with van der Waals surface area (Å²) in [4.78, 5) is 14.4. The summed E-state index contributed by atoms with van der Waals surface area (Å²) in [5.74, 6) is 0.809. The van der Waals surface area contributed by atoms with Gasteiger partial charge in [-0.1, -0.05) is 32.0 Å². The molecule has 1 aliphatic heterocycles. The van der Waals surface area contributed by atoms with Crippen molar-refractivity contribution in [1.29, 1.82) is 0 Å². The summed E-state index contributed by atoms with van der Waals surface area (Å²) in [6.07, 6.45) is 1.84. The summed E-state index contributed by atoms with van der Waals surface area (Å²) in [6.45, 7) is 6.51. The molecule has 104 valence electrons. The maximum absolute atomic E-state index is 12.5. The highest BCUT2D eigenvalue weighted by Gasteiger charge is 2.30. The van der Waals surface area contributed by atoms with E-state index in [1.54, 1.807) is 0 Å². The zero-order chi connectivity index (χ0) is 14.0. The monoisotopic (exact) mass is 260 g/mol. The Morgan fingerprint density at radius 2 is 2.05 bits per heavy atom. The van der Waals surface area contributed by atoms with E-state index in [1.165, 1.54) is 5.56 Å². The molecule has 3 nitrogen and oxygen atoms in total. The van der Waals surface area contributed by atoms with Gasteiger partial charge < -0.3 is 10.2 Å². The molecule has 1 heterocycles. The third-order valence-electron chi connectivity index (χ3n) is 3.89. The Hall–Kier alpha value is -1.51. The van der Waals surface area contributed by atoms with E-state index in [-0.39, 0.29) is 18.0 Å². The minimum Gasteiger partial charge on any atom is -0.373 e. The Labute approximate surface area is 116 Å². The lowest BCUT2D eigenvalue weighted by atomic mass is 10.0. The molecule has 1 aliphatic rings. The van der Waals surface area contributed by atoms with Crippen LogP contribution in [0.15, 0.2) is 24.3 Å². The Morgan fingerprint density at radius 3 is 2.68 bits per heavy atom. The average molecular weight is 260 g/mol. The van der Waals surface area contributed by atoms with Gasteiger partial charge in [0.1, 0.15) is 6.04 Å². The highest BCUT2D eigenvalue weighted by molar-refractivity contribution is 5.87. The van der Waals surface area contributed by atoms with Crippen molar-refractivity contribution in [2.45, 2.75) is 45.7 Å². The third kappa shape index (κ3) is 3.09.